The zero-order chi connectivity index (χ0) is 8.27. The Hall–Kier alpha value is -1.12. The zero-order valence-electron chi connectivity index (χ0n) is 6.91. The fraction of sp³-hybridized carbons (Fsp3) is 0.500. The van der Waals surface area contributed by atoms with E-state index in [-0.39, 0.29) is 0 Å². The first-order valence-electron chi connectivity index (χ1n) is 3.83. The number of rotatable bonds is 2. The van der Waals surface area contributed by atoms with Gasteiger partial charge in [0.2, 0.25) is 0 Å². The molecule has 0 fully saturated rings. The van der Waals surface area contributed by atoms with Gasteiger partial charge in [0, 0.05) is 0 Å². The van der Waals surface area contributed by atoms with Crippen molar-refractivity contribution >= 4 is 5.82 Å². The van der Waals surface area contributed by atoms with Gasteiger partial charge in [0.1, 0.15) is 5.82 Å². The minimum Gasteiger partial charge on any atom is -0.382 e. The van der Waals surface area contributed by atoms with Crippen molar-refractivity contribution in [1.82, 2.24) is 10.2 Å². The third-order valence-electron chi connectivity index (χ3n) is 1.82. The summed E-state index contributed by atoms with van der Waals surface area (Å²) in [4.78, 5) is 0. The van der Waals surface area contributed by atoms with Gasteiger partial charge in [0.05, 0.1) is 5.69 Å². The van der Waals surface area contributed by atoms with E-state index in [9.17, 15) is 0 Å². The Morgan fingerprint density at radius 3 is 2.64 bits per heavy atom. The Labute approximate surface area is 66.6 Å². The topological polar surface area (TPSA) is 51.8 Å². The van der Waals surface area contributed by atoms with Crippen LogP contribution in [0.5, 0.6) is 0 Å². The van der Waals surface area contributed by atoms with Crippen molar-refractivity contribution in [2.45, 2.75) is 26.2 Å². The molecule has 0 aliphatic rings. The molecule has 3 nitrogen and oxygen atoms in total. The minimum atomic E-state index is 0.475. The molecule has 0 aliphatic carbocycles. The van der Waals surface area contributed by atoms with Crippen molar-refractivity contribution in [1.29, 1.82) is 0 Å². The number of nitrogens with two attached hydrogens (primary N) is 1. The van der Waals surface area contributed by atoms with E-state index in [1.165, 1.54) is 0 Å². The third kappa shape index (κ3) is 1.90. The number of hydrogen-bond donors (Lipinski definition) is 1. The molecule has 0 aromatic carbocycles. The van der Waals surface area contributed by atoms with E-state index in [0.29, 0.717) is 11.7 Å². The highest BCUT2D eigenvalue weighted by Gasteiger charge is 2.03. The van der Waals surface area contributed by atoms with Crippen LogP contribution < -0.4 is 5.73 Å². The lowest BCUT2D eigenvalue weighted by molar-refractivity contribution is 0.692. The number of anilines is 1. The molecule has 0 spiro atoms. The van der Waals surface area contributed by atoms with Crippen LogP contribution in [0.3, 0.4) is 0 Å². The van der Waals surface area contributed by atoms with E-state index in [2.05, 4.69) is 24.0 Å². The average Bonchev–Trinajstić information content (AvgIpc) is 2.05. The van der Waals surface area contributed by atoms with Crippen LogP contribution in [0.2, 0.25) is 0 Å². The van der Waals surface area contributed by atoms with Gasteiger partial charge in [-0.25, -0.2) is 0 Å². The van der Waals surface area contributed by atoms with Crippen LogP contribution in [0, 0.1) is 0 Å². The first-order valence-corrected chi connectivity index (χ1v) is 3.83. The van der Waals surface area contributed by atoms with E-state index in [1.807, 2.05) is 6.07 Å². The molecule has 1 heterocycles. The lowest BCUT2D eigenvalue weighted by atomic mass is 10.1. The van der Waals surface area contributed by atoms with Gasteiger partial charge in [-0.1, -0.05) is 13.8 Å². The predicted molar refractivity (Wildman–Crippen MR) is 45.2 cm³/mol. The number of hydrogen-bond acceptors (Lipinski definition) is 3. The number of nitrogen functional groups attached to an aromatic ring is 1. The van der Waals surface area contributed by atoms with Gasteiger partial charge in [-0.2, -0.15) is 5.10 Å². The molecule has 11 heavy (non-hydrogen) atoms. The Bertz CT molecular complexity index is 217. The maximum absolute atomic E-state index is 5.39. The second-order valence-corrected chi connectivity index (χ2v) is 2.69. The number of aromatic nitrogens is 2. The van der Waals surface area contributed by atoms with Crippen molar-refractivity contribution < 1.29 is 0 Å². The van der Waals surface area contributed by atoms with Gasteiger partial charge < -0.3 is 5.73 Å². The largest absolute Gasteiger partial charge is 0.382 e. The van der Waals surface area contributed by atoms with E-state index in [1.54, 1.807) is 6.07 Å². The quantitative estimate of drug-likeness (QED) is 0.698. The molecule has 0 radical (unpaired) electrons. The summed E-state index contributed by atoms with van der Waals surface area (Å²) >= 11 is 0. The fourth-order valence-electron chi connectivity index (χ4n) is 0.825. The third-order valence-corrected chi connectivity index (χ3v) is 1.82. The molecule has 3 heteroatoms. The summed E-state index contributed by atoms with van der Waals surface area (Å²) in [5.74, 6) is 0.958. The molecule has 1 aromatic heterocycles. The molecule has 0 saturated carbocycles. The van der Waals surface area contributed by atoms with Crippen molar-refractivity contribution in [2.75, 3.05) is 5.73 Å². The summed E-state index contributed by atoms with van der Waals surface area (Å²) in [5.41, 5.74) is 6.41. The predicted octanol–water partition coefficient (Wildman–Crippen LogP) is 1.57. The summed E-state index contributed by atoms with van der Waals surface area (Å²) in [6, 6.07) is 3.71. The highest BCUT2D eigenvalue weighted by Crippen LogP contribution is 2.14. The zero-order valence-corrected chi connectivity index (χ0v) is 6.91. The Morgan fingerprint density at radius 2 is 2.18 bits per heavy atom. The van der Waals surface area contributed by atoms with Crippen LogP contribution in [0.1, 0.15) is 31.9 Å². The summed E-state index contributed by atoms with van der Waals surface area (Å²) in [7, 11) is 0. The van der Waals surface area contributed by atoms with Gasteiger partial charge in [-0.15, -0.1) is 5.10 Å². The molecule has 0 bridgehead atoms. The maximum atomic E-state index is 5.39. The van der Waals surface area contributed by atoms with Crippen molar-refractivity contribution in [2.24, 2.45) is 0 Å². The van der Waals surface area contributed by atoms with Gasteiger partial charge in [0.25, 0.3) is 0 Å². The molecule has 1 aromatic rings. The normalized spacial score (nSPS) is 12.9. The molecular formula is C8H13N3. The first kappa shape index (κ1) is 7.98. The summed E-state index contributed by atoms with van der Waals surface area (Å²) in [6.45, 7) is 4.25. The Kier molecular flexibility index (Phi) is 2.41. The van der Waals surface area contributed by atoms with Crippen molar-refractivity contribution in [3.8, 4) is 0 Å². The van der Waals surface area contributed by atoms with Gasteiger partial charge in [0.15, 0.2) is 0 Å². The average molecular weight is 151 g/mol. The standard InChI is InChI=1S/C8H13N3/c1-3-6(2)7-4-5-8(9)11-10-7/h4-6H,3H2,1-2H3,(H2,9,11). The highest BCUT2D eigenvalue weighted by molar-refractivity contribution is 5.26. The monoisotopic (exact) mass is 151 g/mol. The van der Waals surface area contributed by atoms with Crippen LogP contribution in [0.15, 0.2) is 12.1 Å². The van der Waals surface area contributed by atoms with Gasteiger partial charge in [-0.05, 0) is 24.5 Å². The minimum absolute atomic E-state index is 0.475. The number of nitrogens with zero attached hydrogens (tertiary/aromatic N) is 2. The van der Waals surface area contributed by atoms with Crippen LogP contribution in [-0.2, 0) is 0 Å². The molecule has 1 unspecified atom stereocenters. The first-order chi connectivity index (χ1) is 5.24. The van der Waals surface area contributed by atoms with Crippen molar-refractivity contribution in [3.63, 3.8) is 0 Å². The summed E-state index contributed by atoms with van der Waals surface area (Å²) in [5, 5.41) is 7.75. The molecule has 1 rings (SSSR count). The second kappa shape index (κ2) is 3.32. The Balaban J connectivity index is 2.81. The summed E-state index contributed by atoms with van der Waals surface area (Å²) < 4.78 is 0. The maximum Gasteiger partial charge on any atom is 0.146 e. The highest BCUT2D eigenvalue weighted by atomic mass is 15.1. The molecular weight excluding hydrogens is 138 g/mol. The van der Waals surface area contributed by atoms with Crippen LogP contribution in [0.4, 0.5) is 5.82 Å². The van der Waals surface area contributed by atoms with Crippen LogP contribution in [0.25, 0.3) is 0 Å². The Morgan fingerprint density at radius 1 is 1.45 bits per heavy atom. The lowest BCUT2D eigenvalue weighted by Gasteiger charge is -2.05. The fourth-order valence-corrected chi connectivity index (χ4v) is 0.825. The molecule has 0 saturated heterocycles. The molecule has 0 aliphatic heterocycles. The lowest BCUT2D eigenvalue weighted by Crippen LogP contribution is -1.99. The summed E-state index contributed by atoms with van der Waals surface area (Å²) in [6.07, 6.45) is 1.08. The molecule has 60 valence electrons. The van der Waals surface area contributed by atoms with E-state index < -0.39 is 0 Å². The van der Waals surface area contributed by atoms with E-state index in [4.69, 9.17) is 5.73 Å². The van der Waals surface area contributed by atoms with E-state index >= 15 is 0 Å². The van der Waals surface area contributed by atoms with Crippen LogP contribution >= 0.6 is 0 Å². The van der Waals surface area contributed by atoms with Gasteiger partial charge >= 0.3 is 0 Å². The second-order valence-electron chi connectivity index (χ2n) is 2.69. The smallest absolute Gasteiger partial charge is 0.146 e. The van der Waals surface area contributed by atoms with Crippen molar-refractivity contribution in [3.05, 3.63) is 17.8 Å². The van der Waals surface area contributed by atoms with Crippen LogP contribution in [-0.4, -0.2) is 10.2 Å². The molecule has 0 amide bonds. The molecule has 2 N–H and O–H groups in total. The SMILES string of the molecule is CCC(C)c1ccc(N)nn1. The van der Waals surface area contributed by atoms with Gasteiger partial charge in [-0.3, -0.25) is 0 Å². The van der Waals surface area contributed by atoms with E-state index in [0.717, 1.165) is 12.1 Å². The molecule has 1 atom stereocenters.